The minimum atomic E-state index is -7.66. The second kappa shape index (κ2) is 18.1. The van der Waals surface area contributed by atoms with E-state index < -0.39 is 72.7 Å². The molecule has 45 heavy (non-hydrogen) atoms. The zero-order valence-corrected chi connectivity index (χ0v) is 26.4. The van der Waals surface area contributed by atoms with E-state index in [4.69, 9.17) is 4.74 Å². The van der Waals surface area contributed by atoms with Crippen LogP contribution in [-0.4, -0.2) is 104 Å². The van der Waals surface area contributed by atoms with Crippen LogP contribution in [0, 0.1) is 0 Å². The van der Waals surface area contributed by atoms with Gasteiger partial charge >= 0.3 is 48.0 Å². The number of carbonyl (C=O) groups excluding carboxylic acids is 2. The highest BCUT2D eigenvalue weighted by Crippen LogP contribution is 2.58. The third kappa shape index (κ3) is 12.9. The quantitative estimate of drug-likeness (QED) is 0.0439. The van der Waals surface area contributed by atoms with Crippen LogP contribution in [-0.2, 0) is 19.1 Å². The summed E-state index contributed by atoms with van der Waals surface area (Å²) in [5, 5.41) is -1.42. The molecule has 0 aromatic heterocycles. The molecule has 0 amide bonds. The molecule has 0 heterocycles. The Morgan fingerprint density at radius 2 is 1.22 bits per heavy atom. The first kappa shape index (κ1) is 43.4. The maximum atomic E-state index is 14.0. The minimum Gasteiger partial charge on any atom is -0.466 e. The zero-order valence-electron chi connectivity index (χ0n) is 25.6. The molecule has 0 fully saturated rings. The lowest BCUT2D eigenvalue weighted by Gasteiger charge is -2.39. The van der Waals surface area contributed by atoms with Crippen LogP contribution < -0.4 is 0 Å². The Kier molecular flexibility index (Phi) is 17.4. The molecule has 0 spiro atoms. The molecule has 0 saturated carbocycles. The van der Waals surface area contributed by atoms with Crippen molar-refractivity contribution in [2.75, 3.05) is 46.7 Å². The van der Waals surface area contributed by atoms with Gasteiger partial charge in [-0.3, -0.25) is 9.59 Å². The van der Waals surface area contributed by atoms with E-state index in [1.54, 1.807) is 21.1 Å². The monoisotopic (exact) mass is 704 g/mol. The molecule has 0 aromatic rings. The van der Waals surface area contributed by atoms with E-state index in [-0.39, 0.29) is 12.4 Å². The van der Waals surface area contributed by atoms with Crippen molar-refractivity contribution in [1.29, 1.82) is 0 Å². The number of alkyl halides is 12. The molecule has 0 aliphatic rings. The van der Waals surface area contributed by atoms with E-state index in [9.17, 15) is 62.3 Å². The summed E-state index contributed by atoms with van der Waals surface area (Å²) in [7, 11) is 5.35. The molecule has 0 radical (unpaired) electrons. The first-order chi connectivity index (χ1) is 20.4. The van der Waals surface area contributed by atoms with E-state index in [0.29, 0.717) is 17.4 Å². The normalized spacial score (nSPS) is 14.5. The summed E-state index contributed by atoms with van der Waals surface area (Å²) in [6.07, 6.45) is -1.13. The summed E-state index contributed by atoms with van der Waals surface area (Å²) in [5.41, 5.74) is 0. The summed E-state index contributed by atoms with van der Waals surface area (Å²) in [6.45, 7) is 0.727. The number of nitrogens with zero attached hydrogens (tertiary/aromatic N) is 1. The van der Waals surface area contributed by atoms with Gasteiger partial charge in [0, 0.05) is 5.75 Å². The van der Waals surface area contributed by atoms with Crippen LogP contribution in [0.2, 0.25) is 0 Å². The van der Waals surface area contributed by atoms with Gasteiger partial charge < -0.3 is 14.0 Å². The maximum Gasteiger partial charge on any atom is 0.384 e. The number of hydrogen-bond acceptors (Lipinski definition) is 5. The smallest absolute Gasteiger partial charge is 0.384 e. The van der Waals surface area contributed by atoms with Crippen LogP contribution in [0.15, 0.2) is 0 Å². The molecule has 0 rings (SSSR count). The molecule has 0 aromatic carbocycles. The van der Waals surface area contributed by atoms with E-state index in [1.165, 1.54) is 0 Å². The van der Waals surface area contributed by atoms with Gasteiger partial charge in [-0.25, -0.2) is 8.78 Å². The number of unbranched alkanes of at least 4 members (excludes halogenated alkanes) is 7. The second-order valence-electron chi connectivity index (χ2n) is 11.5. The molecule has 0 aliphatic heterocycles. The average molecular weight is 705 g/mol. The number of carbonyl (C=O) groups is 2. The fourth-order valence-corrected chi connectivity index (χ4v) is 5.01. The highest BCUT2D eigenvalue weighted by molar-refractivity contribution is 8.00. The van der Waals surface area contributed by atoms with Crippen molar-refractivity contribution in [3.8, 4) is 0 Å². The van der Waals surface area contributed by atoms with E-state index in [2.05, 4.69) is 11.7 Å². The number of hydrogen-bond donors (Lipinski definition) is 0. The SMILES string of the molecule is CCCCCCCCCCOC(=O)CC(SCC[N+](C)(C)C)C(=O)OCCC(F)(F)C(F)(F)C(F)(F)C(F)(F)C(F)(F)C(F)F. The van der Waals surface area contributed by atoms with Gasteiger partial charge in [0.1, 0.15) is 5.25 Å². The average Bonchev–Trinajstić information content (AvgIpc) is 2.90. The fourth-order valence-electron chi connectivity index (χ4n) is 3.61. The lowest BCUT2D eigenvalue weighted by molar-refractivity contribution is -0.867. The predicted molar refractivity (Wildman–Crippen MR) is 144 cm³/mol. The van der Waals surface area contributed by atoms with Gasteiger partial charge in [0.05, 0.1) is 53.7 Å². The van der Waals surface area contributed by atoms with Crippen LogP contribution in [0.1, 0.15) is 71.1 Å². The number of halogens is 12. The Morgan fingerprint density at radius 3 is 1.71 bits per heavy atom. The molecule has 5 nitrogen and oxygen atoms in total. The minimum absolute atomic E-state index is 0.0177. The summed E-state index contributed by atoms with van der Waals surface area (Å²) < 4.78 is 170. The van der Waals surface area contributed by atoms with Gasteiger partial charge in [-0.2, -0.15) is 43.9 Å². The maximum absolute atomic E-state index is 14.0. The Bertz CT molecular complexity index is 901. The number of ether oxygens (including phenoxy) is 2. The van der Waals surface area contributed by atoms with Crippen LogP contribution in [0.25, 0.3) is 0 Å². The highest BCUT2D eigenvalue weighted by Gasteiger charge is 2.87. The van der Waals surface area contributed by atoms with Gasteiger partial charge in [0.2, 0.25) is 0 Å². The molecule has 0 N–H and O–H groups in total. The Balaban J connectivity index is 5.30. The van der Waals surface area contributed by atoms with E-state index in [1.807, 2.05) is 0 Å². The Labute approximate surface area is 259 Å². The van der Waals surface area contributed by atoms with Gasteiger partial charge in [-0.15, -0.1) is 11.8 Å². The van der Waals surface area contributed by atoms with Gasteiger partial charge in [0.15, 0.2) is 0 Å². The third-order valence-corrected chi connectivity index (χ3v) is 7.74. The molecule has 1 unspecified atom stereocenters. The van der Waals surface area contributed by atoms with Gasteiger partial charge in [0.25, 0.3) is 0 Å². The largest absolute Gasteiger partial charge is 0.466 e. The highest BCUT2D eigenvalue weighted by atomic mass is 32.2. The molecule has 1 atom stereocenters. The Morgan fingerprint density at radius 1 is 0.711 bits per heavy atom. The van der Waals surface area contributed by atoms with Gasteiger partial charge in [-0.1, -0.05) is 51.9 Å². The summed E-state index contributed by atoms with van der Waals surface area (Å²) >= 11 is 0.818. The number of rotatable bonds is 24. The third-order valence-electron chi connectivity index (χ3n) is 6.56. The van der Waals surface area contributed by atoms with Crippen LogP contribution in [0.3, 0.4) is 0 Å². The standard InChI is InChI=1S/C27H42F12NO4S/c1-5-6-7-8-9-10-11-12-15-43-20(41)18-19(45-17-14-40(2,3)4)21(42)44-16-13-23(30,31)25(34,35)27(38,39)26(36,37)24(32,33)22(28)29/h19,22H,5-18H2,1-4H3/q+1. The van der Waals surface area contributed by atoms with Crippen LogP contribution in [0.5, 0.6) is 0 Å². The van der Waals surface area contributed by atoms with Crippen molar-refractivity contribution in [1.82, 2.24) is 0 Å². The number of thioether (sulfide) groups is 1. The lowest BCUT2D eigenvalue weighted by atomic mass is 9.93. The van der Waals surface area contributed by atoms with Crippen molar-refractivity contribution >= 4 is 23.7 Å². The van der Waals surface area contributed by atoms with Crippen LogP contribution >= 0.6 is 11.8 Å². The molecule has 0 saturated heterocycles. The number of quaternary nitrogens is 1. The fraction of sp³-hybridized carbons (Fsp3) is 0.926. The van der Waals surface area contributed by atoms with Crippen molar-refractivity contribution in [2.24, 2.45) is 0 Å². The molecular weight excluding hydrogens is 662 g/mol. The number of esters is 2. The molecule has 18 heteroatoms. The summed E-state index contributed by atoms with van der Waals surface area (Å²) in [4.78, 5) is 24.8. The van der Waals surface area contributed by atoms with Gasteiger partial charge in [-0.05, 0) is 6.42 Å². The molecular formula is C27H42F12NO4S+. The first-order valence-electron chi connectivity index (χ1n) is 14.3. The van der Waals surface area contributed by atoms with E-state index in [0.717, 1.165) is 56.7 Å². The summed E-state index contributed by atoms with van der Waals surface area (Å²) in [5.74, 6) is -38.0. The summed E-state index contributed by atoms with van der Waals surface area (Å²) in [6, 6.07) is 0. The van der Waals surface area contributed by atoms with Crippen molar-refractivity contribution in [3.05, 3.63) is 0 Å². The topological polar surface area (TPSA) is 52.6 Å². The van der Waals surface area contributed by atoms with E-state index >= 15 is 0 Å². The van der Waals surface area contributed by atoms with Crippen LogP contribution in [0.4, 0.5) is 52.7 Å². The molecule has 0 aliphatic carbocycles. The van der Waals surface area contributed by atoms with Crippen molar-refractivity contribution in [2.45, 2.75) is 112 Å². The lowest BCUT2D eigenvalue weighted by Crippen LogP contribution is -2.68. The van der Waals surface area contributed by atoms with Crippen molar-refractivity contribution in [3.63, 3.8) is 0 Å². The Hall–Kier alpha value is -1.59. The molecule has 0 bridgehead atoms. The van der Waals surface area contributed by atoms with Crippen molar-refractivity contribution < 1.29 is 76.2 Å². The zero-order chi connectivity index (χ0) is 35.3. The predicted octanol–water partition coefficient (Wildman–Crippen LogP) is 8.24. The second-order valence-corrected chi connectivity index (χ2v) is 12.9. The molecule has 268 valence electrons. The first-order valence-corrected chi connectivity index (χ1v) is 15.4.